The van der Waals surface area contributed by atoms with Crippen LogP contribution < -0.4 is 5.32 Å². The summed E-state index contributed by atoms with van der Waals surface area (Å²) in [6.45, 7) is 0.412. The van der Waals surface area contributed by atoms with E-state index in [0.29, 0.717) is 30.0 Å². The fourth-order valence-electron chi connectivity index (χ4n) is 2.61. The highest BCUT2D eigenvalue weighted by Crippen LogP contribution is 2.24. The van der Waals surface area contributed by atoms with Crippen LogP contribution >= 0.6 is 11.6 Å². The minimum Gasteiger partial charge on any atom is -0.377 e. The molecule has 1 unspecified atom stereocenters. The molecule has 0 aromatic heterocycles. The number of carbonyl (C=O) groups excluding carboxylic acids is 3. The van der Waals surface area contributed by atoms with Crippen LogP contribution in [0.15, 0.2) is 22.8 Å². The van der Waals surface area contributed by atoms with Gasteiger partial charge in [0.2, 0.25) is 5.91 Å². The third-order valence-electron chi connectivity index (χ3n) is 3.87. The number of ether oxygens (including phenoxy) is 1. The van der Waals surface area contributed by atoms with Gasteiger partial charge >= 0.3 is 0 Å². The lowest BCUT2D eigenvalue weighted by molar-refractivity contribution is -0.134. The maximum Gasteiger partial charge on any atom is 0.252 e. The molecule has 0 aromatic carbocycles. The molecule has 0 aromatic rings. The van der Waals surface area contributed by atoms with Crippen LogP contribution in [0.4, 0.5) is 0 Å². The molecule has 22 heavy (non-hydrogen) atoms. The molecule has 2 rings (SSSR count). The molecule has 0 bridgehead atoms. The first kappa shape index (κ1) is 16.7. The molecule has 120 valence electrons. The predicted octanol–water partition coefficient (Wildman–Crippen LogP) is 0.760. The van der Waals surface area contributed by atoms with Crippen LogP contribution in [0.2, 0.25) is 0 Å². The average Bonchev–Trinajstić information content (AvgIpc) is 3.00. The van der Waals surface area contributed by atoms with Gasteiger partial charge in [-0.25, -0.2) is 0 Å². The van der Waals surface area contributed by atoms with Gasteiger partial charge in [-0.05, 0) is 18.9 Å². The summed E-state index contributed by atoms with van der Waals surface area (Å²) >= 11 is 6.08. The van der Waals surface area contributed by atoms with Gasteiger partial charge in [0.15, 0.2) is 0 Å². The van der Waals surface area contributed by atoms with Gasteiger partial charge in [-0.3, -0.25) is 9.59 Å². The Morgan fingerprint density at radius 2 is 2.32 bits per heavy atom. The molecular formula is C15H19ClN2O4. The Hall–Kier alpha value is -1.66. The lowest BCUT2D eigenvalue weighted by Crippen LogP contribution is -2.43. The van der Waals surface area contributed by atoms with Crippen LogP contribution in [0.3, 0.4) is 0 Å². The van der Waals surface area contributed by atoms with E-state index in [1.54, 1.807) is 19.3 Å². The summed E-state index contributed by atoms with van der Waals surface area (Å²) in [5.74, 6) is -0.653. The Morgan fingerprint density at radius 3 is 2.95 bits per heavy atom. The van der Waals surface area contributed by atoms with E-state index in [4.69, 9.17) is 16.3 Å². The lowest BCUT2D eigenvalue weighted by atomic mass is 10.0. The summed E-state index contributed by atoms with van der Waals surface area (Å²) < 4.78 is 5.15. The number of nitrogens with one attached hydrogen (secondary N) is 1. The number of carbonyl (C=O) groups is 3. The van der Waals surface area contributed by atoms with Crippen molar-refractivity contribution in [3.63, 3.8) is 0 Å². The monoisotopic (exact) mass is 326 g/mol. The lowest BCUT2D eigenvalue weighted by Gasteiger charge is -2.21. The van der Waals surface area contributed by atoms with Gasteiger partial charge in [-0.15, -0.1) is 0 Å². The van der Waals surface area contributed by atoms with Crippen LogP contribution in [0.25, 0.3) is 0 Å². The first-order chi connectivity index (χ1) is 10.6. The van der Waals surface area contributed by atoms with Crippen LogP contribution in [0, 0.1) is 0 Å². The molecule has 2 amide bonds. The molecule has 1 N–H and O–H groups in total. The fraction of sp³-hybridized carbons (Fsp3) is 0.533. The standard InChI is InChI=1S/C15H19ClN2O4/c1-22-11-4-5-12(13(16)7-11)15(21)17-8-14(20)18-6-2-3-10(18)9-19/h4-5,9-11H,2-3,6-8H2,1H3,(H,17,21)/t10-,11?/m0/s1. The molecule has 1 saturated heterocycles. The molecule has 6 nitrogen and oxygen atoms in total. The number of amides is 2. The second-order valence-electron chi connectivity index (χ2n) is 5.27. The van der Waals surface area contributed by atoms with Gasteiger partial charge in [-0.1, -0.05) is 17.7 Å². The van der Waals surface area contributed by atoms with Crippen molar-refractivity contribution in [3.05, 3.63) is 22.8 Å². The summed E-state index contributed by atoms with van der Waals surface area (Å²) in [6, 6.07) is -0.371. The van der Waals surface area contributed by atoms with E-state index >= 15 is 0 Å². The SMILES string of the molecule is COC1C=CC(C(=O)NCC(=O)N2CCC[C@H]2C=O)=C(Cl)C1. The van der Waals surface area contributed by atoms with E-state index in [1.165, 1.54) is 4.90 Å². The number of hydrogen-bond donors (Lipinski definition) is 1. The van der Waals surface area contributed by atoms with Gasteiger partial charge in [0.1, 0.15) is 6.29 Å². The average molecular weight is 327 g/mol. The highest BCUT2D eigenvalue weighted by Gasteiger charge is 2.28. The van der Waals surface area contributed by atoms with Crippen molar-refractivity contribution in [2.75, 3.05) is 20.2 Å². The number of rotatable bonds is 5. The molecule has 7 heteroatoms. The van der Waals surface area contributed by atoms with Crippen molar-refractivity contribution in [1.29, 1.82) is 0 Å². The Kier molecular flexibility index (Phi) is 5.74. The van der Waals surface area contributed by atoms with Crippen molar-refractivity contribution < 1.29 is 19.1 Å². The zero-order valence-corrected chi connectivity index (χ0v) is 13.1. The quantitative estimate of drug-likeness (QED) is 0.757. The number of aldehydes is 1. The van der Waals surface area contributed by atoms with Crippen molar-refractivity contribution in [2.45, 2.75) is 31.4 Å². The molecule has 1 fully saturated rings. The minimum atomic E-state index is -0.397. The summed E-state index contributed by atoms with van der Waals surface area (Å²) in [7, 11) is 1.57. The number of likely N-dealkylation sites (tertiary alicyclic amines) is 1. The highest BCUT2D eigenvalue weighted by atomic mass is 35.5. The van der Waals surface area contributed by atoms with E-state index in [2.05, 4.69) is 5.32 Å². The largest absolute Gasteiger partial charge is 0.377 e. The number of methoxy groups -OCH3 is 1. The van der Waals surface area contributed by atoms with Gasteiger partial charge in [0.05, 0.1) is 24.3 Å². The van der Waals surface area contributed by atoms with E-state index in [0.717, 1.165) is 12.7 Å². The van der Waals surface area contributed by atoms with Crippen molar-refractivity contribution in [1.82, 2.24) is 10.2 Å². The van der Waals surface area contributed by atoms with E-state index in [-0.39, 0.29) is 24.6 Å². The molecule has 0 saturated carbocycles. The normalized spacial score (nSPS) is 24.5. The smallest absolute Gasteiger partial charge is 0.252 e. The van der Waals surface area contributed by atoms with Crippen LogP contribution in [0.1, 0.15) is 19.3 Å². The highest BCUT2D eigenvalue weighted by molar-refractivity contribution is 6.32. The minimum absolute atomic E-state index is 0.136. The maximum atomic E-state index is 12.1. The molecule has 2 atom stereocenters. The van der Waals surface area contributed by atoms with Crippen LogP contribution in [-0.2, 0) is 19.1 Å². The Morgan fingerprint density at radius 1 is 1.55 bits per heavy atom. The zero-order valence-electron chi connectivity index (χ0n) is 12.4. The van der Waals surface area contributed by atoms with Crippen molar-refractivity contribution in [2.24, 2.45) is 0 Å². The molecule has 2 aliphatic rings. The Bertz CT molecular complexity index is 530. The Labute approximate surface area is 134 Å². The molecule has 0 radical (unpaired) electrons. The number of halogens is 1. The third kappa shape index (κ3) is 3.75. The summed E-state index contributed by atoms with van der Waals surface area (Å²) in [4.78, 5) is 36.5. The second kappa shape index (κ2) is 7.56. The molecule has 1 heterocycles. The van der Waals surface area contributed by atoms with Gasteiger partial charge in [-0.2, -0.15) is 0 Å². The topological polar surface area (TPSA) is 75.7 Å². The zero-order chi connectivity index (χ0) is 16.1. The fourth-order valence-corrected chi connectivity index (χ4v) is 2.91. The predicted molar refractivity (Wildman–Crippen MR) is 81.2 cm³/mol. The van der Waals surface area contributed by atoms with E-state index in [9.17, 15) is 14.4 Å². The number of nitrogens with zero attached hydrogens (tertiary/aromatic N) is 1. The third-order valence-corrected chi connectivity index (χ3v) is 4.23. The first-order valence-corrected chi connectivity index (χ1v) is 7.57. The molecule has 1 aliphatic heterocycles. The summed E-state index contributed by atoms with van der Waals surface area (Å²) in [5, 5.41) is 2.97. The van der Waals surface area contributed by atoms with E-state index < -0.39 is 5.91 Å². The van der Waals surface area contributed by atoms with Crippen molar-refractivity contribution >= 4 is 29.7 Å². The van der Waals surface area contributed by atoms with E-state index in [1.807, 2.05) is 0 Å². The summed E-state index contributed by atoms with van der Waals surface area (Å²) in [5.41, 5.74) is 0.344. The van der Waals surface area contributed by atoms with Gasteiger partial charge < -0.3 is 19.7 Å². The first-order valence-electron chi connectivity index (χ1n) is 7.19. The summed E-state index contributed by atoms with van der Waals surface area (Å²) in [6.07, 6.45) is 5.92. The van der Waals surface area contributed by atoms with Crippen molar-refractivity contribution in [3.8, 4) is 0 Å². The second-order valence-corrected chi connectivity index (χ2v) is 5.73. The Balaban J connectivity index is 1.89. The van der Waals surface area contributed by atoms with Gasteiger partial charge in [0, 0.05) is 25.1 Å². The molecule has 1 aliphatic carbocycles. The molecular weight excluding hydrogens is 308 g/mol. The van der Waals surface area contributed by atoms with Crippen LogP contribution in [-0.4, -0.2) is 55.3 Å². The maximum absolute atomic E-state index is 12.1. The molecule has 0 spiro atoms. The number of hydrogen-bond acceptors (Lipinski definition) is 4. The van der Waals surface area contributed by atoms with Gasteiger partial charge in [0.25, 0.3) is 5.91 Å². The van der Waals surface area contributed by atoms with Crippen LogP contribution in [0.5, 0.6) is 0 Å².